The number of carboxylic acid groups (broad SMARTS) is 2. The molecule has 7 heteroatoms. The van der Waals surface area contributed by atoms with Crippen molar-refractivity contribution in [1.82, 2.24) is 10.6 Å². The predicted molar refractivity (Wildman–Crippen MR) is 70.2 cm³/mol. The fourth-order valence-corrected chi connectivity index (χ4v) is 1.47. The van der Waals surface area contributed by atoms with Crippen molar-refractivity contribution in [3.8, 4) is 0 Å². The zero-order valence-corrected chi connectivity index (χ0v) is 10.9. The second kappa shape index (κ2) is 7.13. The average Bonchev–Trinajstić information content (AvgIpc) is 2.36. The van der Waals surface area contributed by atoms with Crippen molar-refractivity contribution < 1.29 is 24.6 Å². The van der Waals surface area contributed by atoms with E-state index in [0.717, 1.165) is 11.1 Å². The number of aryl methyl sites for hydroxylation is 1. The Morgan fingerprint density at radius 2 is 1.75 bits per heavy atom. The summed E-state index contributed by atoms with van der Waals surface area (Å²) in [5, 5.41) is 21.9. The Morgan fingerprint density at radius 1 is 1.15 bits per heavy atom. The number of aliphatic carboxylic acids is 2. The van der Waals surface area contributed by atoms with Gasteiger partial charge in [-0.15, -0.1) is 0 Å². The van der Waals surface area contributed by atoms with Crippen molar-refractivity contribution in [3.63, 3.8) is 0 Å². The fraction of sp³-hybridized carbons (Fsp3) is 0.308. The van der Waals surface area contributed by atoms with Gasteiger partial charge in [0.15, 0.2) is 0 Å². The molecule has 1 rings (SSSR count). The lowest BCUT2D eigenvalue weighted by Crippen LogP contribution is -2.46. The Labute approximate surface area is 115 Å². The molecule has 4 N–H and O–H groups in total. The number of nitrogens with one attached hydrogen (secondary N) is 2. The number of carbonyl (C=O) groups is 3. The van der Waals surface area contributed by atoms with Crippen LogP contribution in [0.4, 0.5) is 4.79 Å². The molecule has 0 saturated heterocycles. The highest BCUT2D eigenvalue weighted by Gasteiger charge is 2.22. The second-order valence-corrected chi connectivity index (χ2v) is 4.30. The van der Waals surface area contributed by atoms with Crippen LogP contribution >= 0.6 is 0 Å². The lowest BCUT2D eigenvalue weighted by atomic mass is 10.1. The van der Waals surface area contributed by atoms with Crippen LogP contribution < -0.4 is 10.6 Å². The highest BCUT2D eigenvalue weighted by Crippen LogP contribution is 2.02. The lowest BCUT2D eigenvalue weighted by Gasteiger charge is -2.13. The van der Waals surface area contributed by atoms with Gasteiger partial charge in [-0.2, -0.15) is 0 Å². The Bertz CT molecular complexity index is 498. The van der Waals surface area contributed by atoms with Crippen LogP contribution in [-0.4, -0.2) is 34.2 Å². The minimum absolute atomic E-state index is 0.228. The number of hydrogen-bond donors (Lipinski definition) is 4. The zero-order valence-electron chi connectivity index (χ0n) is 10.9. The van der Waals surface area contributed by atoms with E-state index in [1.807, 2.05) is 31.2 Å². The summed E-state index contributed by atoms with van der Waals surface area (Å²) >= 11 is 0. The summed E-state index contributed by atoms with van der Waals surface area (Å²) in [6.07, 6.45) is -0.673. The van der Waals surface area contributed by atoms with E-state index in [9.17, 15) is 14.4 Å². The van der Waals surface area contributed by atoms with E-state index < -0.39 is 30.4 Å². The molecule has 7 nitrogen and oxygen atoms in total. The second-order valence-electron chi connectivity index (χ2n) is 4.30. The smallest absolute Gasteiger partial charge is 0.326 e. The van der Waals surface area contributed by atoms with E-state index in [1.54, 1.807) is 0 Å². The summed E-state index contributed by atoms with van der Waals surface area (Å²) in [6, 6.07) is 5.27. The Balaban J connectivity index is 2.47. The van der Waals surface area contributed by atoms with Crippen LogP contribution in [0.1, 0.15) is 17.5 Å². The molecule has 1 atom stereocenters. The molecule has 0 unspecified atom stereocenters. The number of benzene rings is 1. The van der Waals surface area contributed by atoms with Crippen LogP contribution in [0.2, 0.25) is 0 Å². The van der Waals surface area contributed by atoms with Crippen molar-refractivity contribution in [2.45, 2.75) is 25.9 Å². The molecule has 0 heterocycles. The molecule has 2 amide bonds. The van der Waals surface area contributed by atoms with Crippen LogP contribution in [0.3, 0.4) is 0 Å². The van der Waals surface area contributed by atoms with Crippen LogP contribution in [0.25, 0.3) is 0 Å². The summed E-state index contributed by atoms with van der Waals surface area (Å²) in [5.74, 6) is -2.69. The van der Waals surface area contributed by atoms with Gasteiger partial charge in [-0.1, -0.05) is 29.8 Å². The Morgan fingerprint density at radius 3 is 2.25 bits per heavy atom. The van der Waals surface area contributed by atoms with E-state index in [2.05, 4.69) is 10.6 Å². The third kappa shape index (κ3) is 5.38. The molecular formula is C13H16N2O5. The summed E-state index contributed by atoms with van der Waals surface area (Å²) in [4.78, 5) is 32.7. The topological polar surface area (TPSA) is 116 Å². The van der Waals surface area contributed by atoms with Crippen molar-refractivity contribution in [1.29, 1.82) is 0 Å². The number of urea groups is 1. The molecular weight excluding hydrogens is 264 g/mol. The maximum atomic E-state index is 11.5. The third-order valence-corrected chi connectivity index (χ3v) is 2.56. The number of carbonyl (C=O) groups excluding carboxylic acids is 1. The van der Waals surface area contributed by atoms with E-state index >= 15 is 0 Å². The van der Waals surface area contributed by atoms with E-state index in [0.29, 0.717) is 0 Å². The van der Waals surface area contributed by atoms with Gasteiger partial charge in [-0.25, -0.2) is 9.59 Å². The largest absolute Gasteiger partial charge is 0.481 e. The molecule has 20 heavy (non-hydrogen) atoms. The van der Waals surface area contributed by atoms with Crippen molar-refractivity contribution in [2.24, 2.45) is 0 Å². The van der Waals surface area contributed by atoms with Gasteiger partial charge in [0.25, 0.3) is 0 Å². The fourth-order valence-electron chi connectivity index (χ4n) is 1.47. The number of hydrogen-bond acceptors (Lipinski definition) is 3. The summed E-state index contributed by atoms with van der Waals surface area (Å²) in [6.45, 7) is 2.17. The van der Waals surface area contributed by atoms with Gasteiger partial charge in [-0.3, -0.25) is 4.79 Å². The lowest BCUT2D eigenvalue weighted by molar-refractivity contribution is -0.145. The number of amides is 2. The molecule has 1 aromatic carbocycles. The summed E-state index contributed by atoms with van der Waals surface area (Å²) in [5.41, 5.74) is 1.95. The van der Waals surface area contributed by atoms with Gasteiger partial charge in [0.1, 0.15) is 6.04 Å². The zero-order chi connectivity index (χ0) is 15.1. The van der Waals surface area contributed by atoms with Crippen LogP contribution in [0.5, 0.6) is 0 Å². The molecule has 108 valence electrons. The van der Waals surface area contributed by atoms with Crippen molar-refractivity contribution in [2.75, 3.05) is 0 Å². The minimum Gasteiger partial charge on any atom is -0.481 e. The molecule has 0 aromatic heterocycles. The average molecular weight is 280 g/mol. The molecule has 0 bridgehead atoms. The normalized spacial score (nSPS) is 11.4. The minimum atomic E-state index is -1.45. The first-order chi connectivity index (χ1) is 9.38. The van der Waals surface area contributed by atoms with Crippen LogP contribution in [0, 0.1) is 6.92 Å². The summed E-state index contributed by atoms with van der Waals surface area (Å²) in [7, 11) is 0. The van der Waals surface area contributed by atoms with Gasteiger partial charge in [0.2, 0.25) is 0 Å². The maximum absolute atomic E-state index is 11.5. The van der Waals surface area contributed by atoms with Crippen LogP contribution in [0.15, 0.2) is 24.3 Å². The number of rotatable bonds is 6. The van der Waals surface area contributed by atoms with E-state index in [1.165, 1.54) is 0 Å². The van der Waals surface area contributed by atoms with E-state index in [4.69, 9.17) is 10.2 Å². The van der Waals surface area contributed by atoms with Crippen LogP contribution in [-0.2, 0) is 16.1 Å². The highest BCUT2D eigenvalue weighted by atomic mass is 16.4. The van der Waals surface area contributed by atoms with Gasteiger partial charge in [0, 0.05) is 6.54 Å². The molecule has 1 aromatic rings. The Kier molecular flexibility index (Phi) is 5.52. The van der Waals surface area contributed by atoms with Crippen molar-refractivity contribution >= 4 is 18.0 Å². The molecule has 0 spiro atoms. The molecule has 0 fully saturated rings. The SMILES string of the molecule is Cc1ccc(CNC(=O)N[C@H](CC(=O)O)C(=O)O)cc1. The van der Waals surface area contributed by atoms with Gasteiger partial charge in [0.05, 0.1) is 6.42 Å². The molecule has 0 radical (unpaired) electrons. The van der Waals surface area contributed by atoms with Gasteiger partial charge in [-0.05, 0) is 12.5 Å². The standard InChI is InChI=1S/C13H16N2O5/c1-8-2-4-9(5-3-8)7-14-13(20)15-10(12(18)19)6-11(16)17/h2-5,10H,6-7H2,1H3,(H,16,17)(H,18,19)(H2,14,15,20)/t10-/m1/s1. The van der Waals surface area contributed by atoms with Gasteiger partial charge >= 0.3 is 18.0 Å². The maximum Gasteiger partial charge on any atom is 0.326 e. The first-order valence-corrected chi connectivity index (χ1v) is 5.93. The first-order valence-electron chi connectivity index (χ1n) is 5.93. The quantitative estimate of drug-likeness (QED) is 0.613. The predicted octanol–water partition coefficient (Wildman–Crippen LogP) is 0.722. The number of carboxylic acids is 2. The Hall–Kier alpha value is -2.57. The molecule has 0 aliphatic carbocycles. The third-order valence-electron chi connectivity index (χ3n) is 2.56. The molecule has 0 aliphatic heterocycles. The first kappa shape index (κ1) is 15.5. The van der Waals surface area contributed by atoms with Gasteiger partial charge < -0.3 is 20.8 Å². The summed E-state index contributed by atoms with van der Waals surface area (Å²) < 4.78 is 0. The molecule has 0 aliphatic rings. The monoisotopic (exact) mass is 280 g/mol. The van der Waals surface area contributed by atoms with E-state index in [-0.39, 0.29) is 6.54 Å². The van der Waals surface area contributed by atoms with Crippen molar-refractivity contribution in [3.05, 3.63) is 35.4 Å². The highest BCUT2D eigenvalue weighted by molar-refractivity contribution is 5.86. The molecule has 0 saturated carbocycles.